The number of nitrogens with zero attached hydrogens (tertiary/aromatic N) is 2. The summed E-state index contributed by atoms with van der Waals surface area (Å²) in [6.07, 6.45) is 1.10. The van der Waals surface area contributed by atoms with Crippen molar-refractivity contribution >= 4 is 56.8 Å². The Morgan fingerprint density at radius 1 is 1.10 bits per heavy atom. The molecule has 0 aliphatic carbocycles. The number of thioether (sulfide) groups is 1. The fourth-order valence-electron chi connectivity index (χ4n) is 6.93. The number of alkyl halides is 1. The molecule has 3 saturated heterocycles. The van der Waals surface area contributed by atoms with Crippen LogP contribution in [0.5, 0.6) is 0 Å². The summed E-state index contributed by atoms with van der Waals surface area (Å²) < 4.78 is -0.765. The van der Waals surface area contributed by atoms with Crippen molar-refractivity contribution < 1.29 is 19.5 Å². The van der Waals surface area contributed by atoms with E-state index in [1.54, 1.807) is 16.7 Å². The first kappa shape index (κ1) is 29.9. The Morgan fingerprint density at radius 3 is 2.39 bits per heavy atom. The molecule has 0 radical (unpaired) electrons. The van der Waals surface area contributed by atoms with Crippen LogP contribution in [0.3, 0.4) is 0 Å². The van der Waals surface area contributed by atoms with Crippen molar-refractivity contribution in [2.24, 2.45) is 11.8 Å². The van der Waals surface area contributed by atoms with Crippen molar-refractivity contribution in [1.29, 1.82) is 0 Å². The molecule has 3 fully saturated rings. The summed E-state index contributed by atoms with van der Waals surface area (Å²) in [5.41, 5.74) is 2.71. The molecule has 8 nitrogen and oxygen atoms in total. The highest BCUT2D eigenvalue weighted by Crippen LogP contribution is 2.68. The molecule has 3 aliphatic rings. The molecule has 3 aliphatic heterocycles. The predicted octanol–water partition coefficient (Wildman–Crippen LogP) is 4.02. The van der Waals surface area contributed by atoms with Crippen LogP contribution in [0.1, 0.15) is 39.2 Å². The van der Waals surface area contributed by atoms with Crippen LogP contribution in [0.2, 0.25) is 0 Å². The molecule has 220 valence electrons. The van der Waals surface area contributed by atoms with Gasteiger partial charge in [0.25, 0.3) is 0 Å². The Bertz CT molecular complexity index is 1260. The molecule has 1 spiro atoms. The smallest absolute Gasteiger partial charge is 0.248 e. The summed E-state index contributed by atoms with van der Waals surface area (Å²) in [6.45, 7) is 8.01. The number of aliphatic hydroxyl groups is 1. The Labute approximate surface area is 254 Å². The monoisotopic (exact) mass is 642 g/mol. The van der Waals surface area contributed by atoms with Crippen molar-refractivity contribution in [3.8, 4) is 0 Å². The molecule has 5 rings (SSSR count). The molecule has 2 bridgehead atoms. The maximum absolute atomic E-state index is 14.2. The fraction of sp³-hybridized carbons (Fsp3) is 0.516. The first-order valence-electron chi connectivity index (χ1n) is 14.5. The van der Waals surface area contributed by atoms with E-state index in [9.17, 15) is 19.5 Å². The van der Waals surface area contributed by atoms with Crippen LogP contribution in [0.15, 0.2) is 54.6 Å². The first-order valence-corrected chi connectivity index (χ1v) is 16.3. The van der Waals surface area contributed by atoms with E-state index in [4.69, 9.17) is 0 Å². The average Bonchev–Trinajstić information content (AvgIpc) is 3.58. The predicted molar refractivity (Wildman–Crippen MR) is 167 cm³/mol. The lowest BCUT2D eigenvalue weighted by molar-refractivity contribution is -0.142. The maximum atomic E-state index is 14.2. The van der Waals surface area contributed by atoms with Crippen LogP contribution >= 0.6 is 27.7 Å². The highest BCUT2D eigenvalue weighted by atomic mass is 79.9. The van der Waals surface area contributed by atoms with E-state index >= 15 is 0 Å². The molecule has 3 N–H and O–H groups in total. The number of likely N-dealkylation sites (tertiary alicyclic amines) is 1. The van der Waals surface area contributed by atoms with E-state index in [0.29, 0.717) is 25.1 Å². The molecule has 0 saturated carbocycles. The summed E-state index contributed by atoms with van der Waals surface area (Å²) in [5.74, 6) is -1.86. The van der Waals surface area contributed by atoms with Gasteiger partial charge >= 0.3 is 0 Å². The number of amides is 3. The van der Waals surface area contributed by atoms with E-state index in [1.165, 1.54) is 0 Å². The van der Waals surface area contributed by atoms with Gasteiger partial charge in [0.2, 0.25) is 17.7 Å². The summed E-state index contributed by atoms with van der Waals surface area (Å²) in [7, 11) is 0. The lowest BCUT2D eigenvalue weighted by Crippen LogP contribution is -2.55. The molecule has 2 aromatic carbocycles. The second-order valence-corrected chi connectivity index (χ2v) is 13.8. The quantitative estimate of drug-likeness (QED) is 0.320. The van der Waals surface area contributed by atoms with Crippen LogP contribution in [0.4, 0.5) is 11.4 Å². The third-order valence-corrected chi connectivity index (χ3v) is 12.1. The normalized spacial score (nSPS) is 28.9. The van der Waals surface area contributed by atoms with Gasteiger partial charge < -0.3 is 25.5 Å². The molecule has 10 heteroatoms. The SMILES string of the molecule is CC[C@@H](CO)N1C(=O)[C@@H]2[C@H](C(=O)NCc3ccccc3)[C@H]3SC2(CC3Br)C1C(=O)Nc1ccc(N(CC)CC)cc1. The lowest BCUT2D eigenvalue weighted by Gasteiger charge is -2.37. The summed E-state index contributed by atoms with van der Waals surface area (Å²) in [5, 5.41) is 16.3. The van der Waals surface area contributed by atoms with Gasteiger partial charge in [-0.05, 0) is 56.5 Å². The van der Waals surface area contributed by atoms with Crippen molar-refractivity contribution in [3.63, 3.8) is 0 Å². The second-order valence-electron chi connectivity index (χ2n) is 11.1. The number of anilines is 2. The fourth-order valence-corrected chi connectivity index (χ4v) is 10.5. The highest BCUT2D eigenvalue weighted by Gasteiger charge is 2.76. The van der Waals surface area contributed by atoms with E-state index in [-0.39, 0.29) is 34.4 Å². The molecule has 7 atom stereocenters. The summed E-state index contributed by atoms with van der Waals surface area (Å²) in [6, 6.07) is 16.1. The maximum Gasteiger partial charge on any atom is 0.248 e. The topological polar surface area (TPSA) is 102 Å². The highest BCUT2D eigenvalue weighted by molar-refractivity contribution is 9.09. The molecule has 2 aromatic rings. The Morgan fingerprint density at radius 2 is 1.78 bits per heavy atom. The number of carbonyl (C=O) groups excluding carboxylic acids is 3. The third kappa shape index (κ3) is 5.27. The summed E-state index contributed by atoms with van der Waals surface area (Å²) >= 11 is 5.41. The Balaban J connectivity index is 1.44. The van der Waals surface area contributed by atoms with E-state index < -0.39 is 28.7 Å². The number of aliphatic hydroxyl groups excluding tert-OH is 1. The first-order chi connectivity index (χ1) is 19.8. The lowest BCUT2D eigenvalue weighted by atomic mass is 9.70. The van der Waals surface area contributed by atoms with Gasteiger partial charge in [0.15, 0.2) is 0 Å². The number of hydrogen-bond donors (Lipinski definition) is 3. The van der Waals surface area contributed by atoms with Gasteiger partial charge in [-0.2, -0.15) is 0 Å². The third-order valence-electron chi connectivity index (χ3n) is 8.93. The number of nitrogens with one attached hydrogen (secondary N) is 2. The number of halogens is 1. The largest absolute Gasteiger partial charge is 0.394 e. The van der Waals surface area contributed by atoms with Gasteiger partial charge in [0.1, 0.15) is 6.04 Å². The standard InChI is InChI=1S/C31H39BrN4O4S/c1-4-21(18-37)36-27(29(39)34-20-12-14-22(15-13-20)35(5-2)6-3)31-16-23(32)26(41-31)24(25(31)30(36)40)28(38)33-17-19-10-8-7-9-11-19/h7-15,21,23-27,37H,4-6,16-18H2,1-3H3,(H,33,38)(H,34,39)/t21-,23?,24-,25-,26-,27?,31?/m0/s1. The summed E-state index contributed by atoms with van der Waals surface area (Å²) in [4.78, 5) is 45.8. The molecular weight excluding hydrogens is 604 g/mol. The van der Waals surface area contributed by atoms with Crippen LogP contribution < -0.4 is 15.5 Å². The van der Waals surface area contributed by atoms with E-state index in [2.05, 4.69) is 45.3 Å². The number of hydrogen-bond acceptors (Lipinski definition) is 6. The Kier molecular flexibility index (Phi) is 9.01. The van der Waals surface area contributed by atoms with E-state index in [1.807, 2.05) is 61.5 Å². The van der Waals surface area contributed by atoms with Crippen molar-refractivity contribution in [3.05, 3.63) is 60.2 Å². The zero-order valence-corrected chi connectivity index (χ0v) is 26.2. The van der Waals surface area contributed by atoms with Crippen molar-refractivity contribution in [1.82, 2.24) is 10.2 Å². The molecule has 3 amide bonds. The Hall–Kier alpha value is -2.56. The molecule has 3 heterocycles. The minimum atomic E-state index is -0.804. The van der Waals surface area contributed by atoms with Gasteiger partial charge in [0.05, 0.1) is 29.2 Å². The van der Waals surface area contributed by atoms with Gasteiger partial charge in [-0.25, -0.2) is 0 Å². The van der Waals surface area contributed by atoms with Crippen LogP contribution in [-0.2, 0) is 20.9 Å². The molecule has 3 unspecified atom stereocenters. The van der Waals surface area contributed by atoms with Crippen molar-refractivity contribution in [2.75, 3.05) is 29.9 Å². The van der Waals surface area contributed by atoms with Crippen LogP contribution in [-0.4, -0.2) is 74.3 Å². The minimum Gasteiger partial charge on any atom is -0.394 e. The van der Waals surface area contributed by atoms with Gasteiger partial charge in [-0.1, -0.05) is 53.2 Å². The molecule has 0 aromatic heterocycles. The van der Waals surface area contributed by atoms with Gasteiger partial charge in [-0.15, -0.1) is 11.8 Å². The van der Waals surface area contributed by atoms with Gasteiger partial charge in [0, 0.05) is 41.1 Å². The minimum absolute atomic E-state index is 0.0122. The van der Waals surface area contributed by atoms with Crippen molar-refractivity contribution in [2.45, 2.75) is 67.1 Å². The van der Waals surface area contributed by atoms with E-state index in [0.717, 1.165) is 24.3 Å². The van der Waals surface area contributed by atoms with Crippen LogP contribution in [0.25, 0.3) is 0 Å². The second kappa shape index (κ2) is 12.4. The zero-order valence-electron chi connectivity index (χ0n) is 23.8. The average molecular weight is 644 g/mol. The molecule has 41 heavy (non-hydrogen) atoms. The zero-order chi connectivity index (χ0) is 29.3. The molecular formula is C31H39BrN4O4S. The number of carbonyl (C=O) groups is 3. The number of rotatable bonds is 11. The van der Waals surface area contributed by atoms with Crippen LogP contribution in [0, 0.1) is 11.8 Å². The number of benzene rings is 2. The number of fused-ring (bicyclic) bond motifs is 1. The van der Waals surface area contributed by atoms with Gasteiger partial charge in [-0.3, -0.25) is 14.4 Å².